The summed E-state index contributed by atoms with van der Waals surface area (Å²) < 4.78 is 0. The molecule has 1 atom stereocenters. The van der Waals surface area contributed by atoms with E-state index in [1.54, 1.807) is 0 Å². The molecule has 5 nitrogen and oxygen atoms in total. The zero-order chi connectivity index (χ0) is 11.5. The number of carbonyl (C=O) groups is 1. The van der Waals surface area contributed by atoms with Gasteiger partial charge in [0.2, 0.25) is 0 Å². The molecule has 16 heavy (non-hydrogen) atoms. The molecule has 5 heteroatoms. The zero-order valence-electron chi connectivity index (χ0n) is 8.29. The highest BCUT2D eigenvalue weighted by molar-refractivity contribution is 5.74. The van der Waals surface area contributed by atoms with Crippen LogP contribution in [0.2, 0.25) is 0 Å². The van der Waals surface area contributed by atoms with Crippen LogP contribution in [0.4, 0.5) is 0 Å². The van der Waals surface area contributed by atoms with E-state index in [9.17, 15) is 9.90 Å². The van der Waals surface area contributed by atoms with Gasteiger partial charge in [-0.3, -0.25) is 5.10 Å². The van der Waals surface area contributed by atoms with Crippen molar-refractivity contribution in [2.24, 2.45) is 0 Å². The lowest BCUT2D eigenvalue weighted by Gasteiger charge is -1.99. The SMILES string of the molecule is O=C(O)C(O)c1cc(-c2ccccc2)n[nH]1. The van der Waals surface area contributed by atoms with E-state index in [2.05, 4.69) is 10.2 Å². The molecule has 1 aromatic heterocycles. The van der Waals surface area contributed by atoms with Crippen LogP contribution in [0.3, 0.4) is 0 Å². The number of nitrogens with one attached hydrogen (secondary N) is 1. The van der Waals surface area contributed by atoms with E-state index in [4.69, 9.17) is 5.11 Å². The fourth-order valence-electron chi connectivity index (χ4n) is 1.37. The molecule has 0 amide bonds. The highest BCUT2D eigenvalue weighted by atomic mass is 16.4. The molecule has 2 rings (SSSR count). The smallest absolute Gasteiger partial charge is 0.338 e. The average molecular weight is 218 g/mol. The maximum Gasteiger partial charge on any atom is 0.338 e. The van der Waals surface area contributed by atoms with Crippen molar-refractivity contribution < 1.29 is 15.0 Å². The number of aromatic amines is 1. The molecule has 0 bridgehead atoms. The monoisotopic (exact) mass is 218 g/mol. The van der Waals surface area contributed by atoms with E-state index >= 15 is 0 Å². The first-order valence-electron chi connectivity index (χ1n) is 4.70. The third kappa shape index (κ3) is 1.94. The van der Waals surface area contributed by atoms with Gasteiger partial charge < -0.3 is 10.2 Å². The molecule has 0 fully saturated rings. The van der Waals surface area contributed by atoms with Crippen molar-refractivity contribution in [3.63, 3.8) is 0 Å². The Morgan fingerprint density at radius 3 is 2.62 bits per heavy atom. The molecule has 0 saturated carbocycles. The largest absolute Gasteiger partial charge is 0.479 e. The molecule has 0 aliphatic rings. The highest BCUT2D eigenvalue weighted by Gasteiger charge is 2.18. The second-order valence-electron chi connectivity index (χ2n) is 3.32. The van der Waals surface area contributed by atoms with Crippen LogP contribution in [0.1, 0.15) is 11.8 Å². The van der Waals surface area contributed by atoms with Crippen LogP contribution in [-0.2, 0) is 4.79 Å². The first kappa shape index (κ1) is 10.4. The second-order valence-corrected chi connectivity index (χ2v) is 3.32. The van der Waals surface area contributed by atoms with Gasteiger partial charge in [-0.25, -0.2) is 4.79 Å². The summed E-state index contributed by atoms with van der Waals surface area (Å²) in [5, 5.41) is 24.4. The first-order valence-corrected chi connectivity index (χ1v) is 4.70. The van der Waals surface area contributed by atoms with Gasteiger partial charge in [-0.1, -0.05) is 30.3 Å². The van der Waals surface area contributed by atoms with Crippen molar-refractivity contribution in [1.82, 2.24) is 10.2 Å². The average Bonchev–Trinajstić information content (AvgIpc) is 2.78. The quantitative estimate of drug-likeness (QED) is 0.722. The molecule has 3 N–H and O–H groups in total. The molecular formula is C11H10N2O3. The van der Waals surface area contributed by atoms with Crippen molar-refractivity contribution in [2.75, 3.05) is 0 Å². The molecule has 1 unspecified atom stereocenters. The molecule has 82 valence electrons. The number of aromatic nitrogens is 2. The molecule has 0 radical (unpaired) electrons. The number of aliphatic hydroxyl groups is 1. The van der Waals surface area contributed by atoms with Gasteiger partial charge in [0, 0.05) is 5.56 Å². The maximum absolute atomic E-state index is 10.5. The number of carboxylic acid groups (broad SMARTS) is 1. The van der Waals surface area contributed by atoms with Crippen molar-refractivity contribution in [3.8, 4) is 11.3 Å². The summed E-state index contributed by atoms with van der Waals surface area (Å²) in [6.45, 7) is 0. The number of rotatable bonds is 3. The molecule has 0 aliphatic carbocycles. The third-order valence-electron chi connectivity index (χ3n) is 2.20. The van der Waals surface area contributed by atoms with Gasteiger partial charge in [-0.2, -0.15) is 5.10 Å². The van der Waals surface area contributed by atoms with Crippen molar-refractivity contribution >= 4 is 5.97 Å². The summed E-state index contributed by atoms with van der Waals surface area (Å²) in [7, 11) is 0. The van der Waals surface area contributed by atoms with Crippen LogP contribution in [0.25, 0.3) is 11.3 Å². The summed E-state index contributed by atoms with van der Waals surface area (Å²) in [5.41, 5.74) is 1.64. The standard InChI is InChI=1S/C11H10N2O3/c14-10(11(15)16)9-6-8(12-13-9)7-4-2-1-3-5-7/h1-6,10,14H,(H,12,13)(H,15,16). The number of nitrogens with zero attached hydrogens (tertiary/aromatic N) is 1. The van der Waals surface area contributed by atoms with Gasteiger partial charge in [0.25, 0.3) is 0 Å². The predicted octanol–water partition coefficient (Wildman–Crippen LogP) is 1.19. The van der Waals surface area contributed by atoms with Gasteiger partial charge in [0.05, 0.1) is 11.4 Å². The Hall–Kier alpha value is -2.14. The number of hydrogen-bond acceptors (Lipinski definition) is 3. The lowest BCUT2D eigenvalue weighted by atomic mass is 10.1. The lowest BCUT2D eigenvalue weighted by Crippen LogP contribution is -2.10. The van der Waals surface area contributed by atoms with Crippen LogP contribution in [0.15, 0.2) is 36.4 Å². The molecule has 2 aromatic rings. The Morgan fingerprint density at radius 2 is 2.00 bits per heavy atom. The van der Waals surface area contributed by atoms with E-state index in [1.165, 1.54) is 6.07 Å². The van der Waals surface area contributed by atoms with Crippen molar-refractivity contribution in [2.45, 2.75) is 6.10 Å². The van der Waals surface area contributed by atoms with Crippen molar-refractivity contribution in [1.29, 1.82) is 0 Å². The summed E-state index contributed by atoms with van der Waals surface area (Å²) in [4.78, 5) is 10.5. The van der Waals surface area contributed by atoms with Gasteiger partial charge in [0.1, 0.15) is 0 Å². The van der Waals surface area contributed by atoms with E-state index in [0.717, 1.165) is 5.56 Å². The fourth-order valence-corrected chi connectivity index (χ4v) is 1.37. The predicted molar refractivity (Wildman–Crippen MR) is 56.6 cm³/mol. The normalized spacial score (nSPS) is 12.3. The van der Waals surface area contributed by atoms with Crippen LogP contribution >= 0.6 is 0 Å². The van der Waals surface area contributed by atoms with Crippen LogP contribution in [-0.4, -0.2) is 26.4 Å². The summed E-state index contributed by atoms with van der Waals surface area (Å²) >= 11 is 0. The van der Waals surface area contributed by atoms with Gasteiger partial charge in [-0.15, -0.1) is 0 Å². The van der Waals surface area contributed by atoms with Gasteiger partial charge in [0.15, 0.2) is 6.10 Å². The van der Waals surface area contributed by atoms with Gasteiger partial charge >= 0.3 is 5.97 Å². The zero-order valence-corrected chi connectivity index (χ0v) is 8.29. The van der Waals surface area contributed by atoms with Gasteiger partial charge in [-0.05, 0) is 6.07 Å². The number of carboxylic acids is 1. The Balaban J connectivity index is 2.30. The number of benzene rings is 1. The summed E-state index contributed by atoms with van der Waals surface area (Å²) in [6.07, 6.45) is -1.56. The lowest BCUT2D eigenvalue weighted by molar-refractivity contribution is -0.147. The molecular weight excluding hydrogens is 208 g/mol. The number of H-pyrrole nitrogens is 1. The Morgan fingerprint density at radius 1 is 1.31 bits per heavy atom. The molecule has 0 spiro atoms. The number of hydrogen-bond donors (Lipinski definition) is 3. The van der Waals surface area contributed by atoms with Crippen molar-refractivity contribution in [3.05, 3.63) is 42.1 Å². The number of aliphatic carboxylic acids is 1. The minimum Gasteiger partial charge on any atom is -0.479 e. The molecule has 1 aromatic carbocycles. The van der Waals surface area contributed by atoms with Crippen LogP contribution in [0.5, 0.6) is 0 Å². The Labute approximate surface area is 91.4 Å². The molecule has 0 aliphatic heterocycles. The summed E-state index contributed by atoms with van der Waals surface area (Å²) in [5.74, 6) is -1.30. The number of aliphatic hydroxyl groups excluding tert-OH is 1. The van der Waals surface area contributed by atoms with E-state index in [1.807, 2.05) is 30.3 Å². The van der Waals surface area contributed by atoms with E-state index in [-0.39, 0.29) is 5.69 Å². The molecule has 0 saturated heterocycles. The first-order chi connectivity index (χ1) is 7.68. The third-order valence-corrected chi connectivity index (χ3v) is 2.20. The fraction of sp³-hybridized carbons (Fsp3) is 0.0909. The summed E-state index contributed by atoms with van der Waals surface area (Å²) in [6, 6.07) is 10.8. The Bertz CT molecular complexity index is 493. The van der Waals surface area contributed by atoms with Crippen LogP contribution < -0.4 is 0 Å². The minimum atomic E-state index is -1.56. The minimum absolute atomic E-state index is 0.173. The highest BCUT2D eigenvalue weighted by Crippen LogP contribution is 2.20. The topological polar surface area (TPSA) is 86.2 Å². The van der Waals surface area contributed by atoms with E-state index < -0.39 is 12.1 Å². The van der Waals surface area contributed by atoms with E-state index in [0.29, 0.717) is 5.69 Å². The molecule has 1 heterocycles. The van der Waals surface area contributed by atoms with Crippen LogP contribution in [0, 0.1) is 0 Å². The maximum atomic E-state index is 10.5. The Kier molecular flexibility index (Phi) is 2.70. The second kappa shape index (κ2) is 4.16.